The molecule has 10 heteroatoms. The van der Waals surface area contributed by atoms with Crippen molar-refractivity contribution in [2.24, 2.45) is 4.99 Å². The molecule has 2 aliphatic heterocycles. The van der Waals surface area contributed by atoms with E-state index in [9.17, 15) is 13.6 Å². The fourth-order valence-corrected chi connectivity index (χ4v) is 4.46. The molecular weight excluding hydrogens is 467 g/mol. The second kappa shape index (κ2) is 8.78. The molecule has 0 aliphatic carbocycles. The second-order valence-electron chi connectivity index (χ2n) is 7.44. The first-order chi connectivity index (χ1) is 14.8. The highest BCUT2D eigenvalue weighted by Gasteiger charge is 2.46. The van der Waals surface area contributed by atoms with Gasteiger partial charge >= 0.3 is 0 Å². The van der Waals surface area contributed by atoms with Crippen LogP contribution in [0.2, 0.25) is 10.0 Å². The van der Waals surface area contributed by atoms with E-state index in [1.807, 2.05) is 0 Å². The third-order valence-corrected chi connectivity index (χ3v) is 6.21. The lowest BCUT2D eigenvalue weighted by Gasteiger charge is -2.28. The summed E-state index contributed by atoms with van der Waals surface area (Å²) in [6.45, 7) is 0.117. The molecule has 2 N–H and O–H groups in total. The van der Waals surface area contributed by atoms with Crippen molar-refractivity contribution in [1.29, 1.82) is 0 Å². The van der Waals surface area contributed by atoms with E-state index in [1.54, 1.807) is 24.3 Å². The van der Waals surface area contributed by atoms with Crippen molar-refractivity contribution < 1.29 is 18.4 Å². The summed E-state index contributed by atoms with van der Waals surface area (Å²) in [7, 11) is 0. The number of hydroxylamine groups is 1. The normalized spacial score (nSPS) is 23.1. The lowest BCUT2D eigenvalue weighted by Crippen LogP contribution is -2.41. The Morgan fingerprint density at radius 2 is 1.90 bits per heavy atom. The van der Waals surface area contributed by atoms with Gasteiger partial charge in [-0.25, -0.2) is 14.3 Å². The summed E-state index contributed by atoms with van der Waals surface area (Å²) in [5.74, 6) is -0.288. The first kappa shape index (κ1) is 22.1. The van der Waals surface area contributed by atoms with E-state index in [1.165, 1.54) is 18.2 Å². The summed E-state index contributed by atoms with van der Waals surface area (Å²) in [6.07, 6.45) is -2.58. The molecule has 2 aromatic carbocycles. The van der Waals surface area contributed by atoms with Crippen LogP contribution in [0.4, 0.5) is 8.78 Å². The zero-order valence-corrected chi connectivity index (χ0v) is 18.3. The molecule has 1 saturated heterocycles. The Labute approximate surface area is 192 Å². The van der Waals surface area contributed by atoms with Crippen molar-refractivity contribution in [1.82, 2.24) is 10.8 Å². The van der Waals surface area contributed by atoms with E-state index >= 15 is 0 Å². The van der Waals surface area contributed by atoms with Gasteiger partial charge in [-0.2, -0.15) is 0 Å². The van der Waals surface area contributed by atoms with Crippen LogP contribution in [-0.4, -0.2) is 42.2 Å². The minimum absolute atomic E-state index is 0.0585. The number of carbonyl (C=O) groups is 1. The number of nitrogens with one attached hydrogen (secondary N) is 2. The maximum Gasteiger partial charge on any atom is 0.268 e. The number of amides is 1. The highest BCUT2D eigenvalue weighted by atomic mass is 35.5. The molecule has 5 nitrogen and oxygen atoms in total. The fraction of sp³-hybridized carbons (Fsp3) is 0.286. The van der Waals surface area contributed by atoms with Crippen LogP contribution in [0.3, 0.4) is 0 Å². The number of benzene rings is 2. The first-order valence-electron chi connectivity index (χ1n) is 9.39. The topological polar surface area (TPSA) is 62.7 Å². The number of nitrogens with zero attached hydrogens (tertiary/aromatic N) is 1. The molecule has 0 saturated carbocycles. The molecule has 31 heavy (non-hydrogen) atoms. The summed E-state index contributed by atoms with van der Waals surface area (Å²) < 4.78 is 28.4. The van der Waals surface area contributed by atoms with Crippen molar-refractivity contribution in [3.63, 3.8) is 0 Å². The molecule has 162 valence electrons. The molecule has 2 aromatic rings. The first-order valence-corrected chi connectivity index (χ1v) is 10.6. The molecule has 0 spiro atoms. The minimum atomic E-state index is -2.64. The lowest BCUT2D eigenvalue weighted by atomic mass is 9.77. The summed E-state index contributed by atoms with van der Waals surface area (Å²) in [4.78, 5) is 21.3. The van der Waals surface area contributed by atoms with Gasteiger partial charge in [0.15, 0.2) is 0 Å². The number of thiocarbonyl (C=S) groups is 1. The lowest BCUT2D eigenvalue weighted by molar-refractivity contribution is -0.124. The number of halogens is 4. The van der Waals surface area contributed by atoms with Gasteiger partial charge in [0, 0.05) is 27.7 Å². The molecular formula is C21H17Cl2F2N3O2S. The molecule has 2 atom stereocenters. The monoisotopic (exact) mass is 483 g/mol. The smallest absolute Gasteiger partial charge is 0.268 e. The Morgan fingerprint density at radius 3 is 2.48 bits per heavy atom. The Hall–Kier alpha value is -2.13. The highest BCUT2D eigenvalue weighted by molar-refractivity contribution is 7.80. The zero-order valence-electron chi connectivity index (χ0n) is 16.0. The number of rotatable bonds is 5. The molecule has 4 rings (SSSR count). The SMILES string of the molecule is O=C1NOCC1NC(=S)c1ccc(C2=NCC(c3cc(Cl)cc(Cl)c3)(C(F)F)C2)cc1. The minimum Gasteiger partial charge on any atom is -0.362 e. The predicted octanol–water partition coefficient (Wildman–Crippen LogP) is 4.08. The molecule has 2 heterocycles. The van der Waals surface area contributed by atoms with E-state index in [-0.39, 0.29) is 25.5 Å². The zero-order chi connectivity index (χ0) is 22.2. The van der Waals surface area contributed by atoms with Gasteiger partial charge in [-0.15, -0.1) is 0 Å². The van der Waals surface area contributed by atoms with Gasteiger partial charge in [-0.1, -0.05) is 59.7 Å². The van der Waals surface area contributed by atoms with Crippen molar-refractivity contribution in [3.8, 4) is 0 Å². The third kappa shape index (κ3) is 4.43. The number of carbonyl (C=O) groups excluding carboxylic acids is 1. The molecule has 0 radical (unpaired) electrons. The van der Waals surface area contributed by atoms with Gasteiger partial charge in [0.05, 0.1) is 12.0 Å². The van der Waals surface area contributed by atoms with Gasteiger partial charge < -0.3 is 5.32 Å². The fourth-order valence-electron chi connectivity index (χ4n) is 3.65. The van der Waals surface area contributed by atoms with Crippen LogP contribution in [0.25, 0.3) is 0 Å². The molecule has 2 unspecified atom stereocenters. The van der Waals surface area contributed by atoms with Crippen LogP contribution in [-0.2, 0) is 15.0 Å². The Kier molecular flexibility index (Phi) is 6.25. The van der Waals surface area contributed by atoms with Crippen LogP contribution in [0, 0.1) is 0 Å². The number of alkyl halides is 2. The summed E-state index contributed by atoms with van der Waals surface area (Å²) in [5.41, 5.74) is 3.14. The summed E-state index contributed by atoms with van der Waals surface area (Å²) >= 11 is 17.4. The third-order valence-electron chi connectivity index (χ3n) is 5.42. The molecule has 0 aromatic heterocycles. The Bertz CT molecular complexity index is 1040. The average molecular weight is 484 g/mol. The number of aliphatic imine (C=N–C) groups is 1. The predicted molar refractivity (Wildman–Crippen MR) is 119 cm³/mol. The maximum absolute atomic E-state index is 14.2. The van der Waals surface area contributed by atoms with E-state index in [4.69, 9.17) is 40.3 Å². The summed E-state index contributed by atoms with van der Waals surface area (Å²) in [6, 6.07) is 11.1. The molecule has 1 amide bonds. The van der Waals surface area contributed by atoms with Crippen LogP contribution >= 0.6 is 35.4 Å². The second-order valence-corrected chi connectivity index (χ2v) is 8.72. The van der Waals surface area contributed by atoms with Gasteiger partial charge in [-0.3, -0.25) is 14.6 Å². The number of hydrogen-bond acceptors (Lipinski definition) is 4. The van der Waals surface area contributed by atoms with E-state index in [2.05, 4.69) is 15.8 Å². The van der Waals surface area contributed by atoms with Crippen LogP contribution < -0.4 is 10.8 Å². The van der Waals surface area contributed by atoms with Crippen molar-refractivity contribution >= 4 is 52.0 Å². The van der Waals surface area contributed by atoms with Crippen molar-refractivity contribution in [3.05, 3.63) is 69.2 Å². The van der Waals surface area contributed by atoms with Gasteiger partial charge in [0.2, 0.25) is 6.43 Å². The van der Waals surface area contributed by atoms with Crippen molar-refractivity contribution in [2.75, 3.05) is 13.2 Å². The highest BCUT2D eigenvalue weighted by Crippen LogP contribution is 2.42. The van der Waals surface area contributed by atoms with Gasteiger partial charge in [-0.05, 0) is 29.3 Å². The molecule has 2 aliphatic rings. The Balaban J connectivity index is 1.51. The van der Waals surface area contributed by atoms with E-state index in [0.29, 0.717) is 31.9 Å². The van der Waals surface area contributed by atoms with Crippen LogP contribution in [0.5, 0.6) is 0 Å². The van der Waals surface area contributed by atoms with Crippen molar-refractivity contribution in [2.45, 2.75) is 24.3 Å². The van der Waals surface area contributed by atoms with Gasteiger partial charge in [0.25, 0.3) is 5.91 Å². The van der Waals surface area contributed by atoms with Crippen LogP contribution in [0.1, 0.15) is 23.1 Å². The maximum atomic E-state index is 14.2. The summed E-state index contributed by atoms with van der Waals surface area (Å²) in [5, 5.41) is 3.55. The standard InChI is InChI=1S/C21H17Cl2F2N3O2S/c22-14-5-13(6-15(23)7-14)21(20(24)25)8-16(26-10-21)11-1-3-12(4-2-11)19(31)27-17-9-30-28-18(17)29/h1-7,17,20H,8-10H2,(H,27,31)(H,28,29). The molecule has 0 bridgehead atoms. The van der Waals surface area contributed by atoms with Crippen LogP contribution in [0.15, 0.2) is 47.5 Å². The molecule has 1 fully saturated rings. The number of hydrogen-bond donors (Lipinski definition) is 2. The largest absolute Gasteiger partial charge is 0.362 e. The quantitative estimate of drug-likeness (QED) is 0.628. The average Bonchev–Trinajstić information content (AvgIpc) is 3.35. The Morgan fingerprint density at radius 1 is 1.23 bits per heavy atom. The van der Waals surface area contributed by atoms with E-state index in [0.717, 1.165) is 5.56 Å². The van der Waals surface area contributed by atoms with E-state index < -0.39 is 17.9 Å². The van der Waals surface area contributed by atoms with Gasteiger partial charge in [0.1, 0.15) is 17.6 Å².